The maximum atomic E-state index is 6.04. The lowest BCUT2D eigenvalue weighted by Crippen LogP contribution is -2.24. The van der Waals surface area contributed by atoms with Crippen LogP contribution in [0.15, 0.2) is 18.2 Å². The molecule has 3 rings (SSSR count). The second kappa shape index (κ2) is 5.73. The average Bonchev–Trinajstić information content (AvgIpc) is 2.90. The highest BCUT2D eigenvalue weighted by atomic mass is 15.4. The van der Waals surface area contributed by atoms with E-state index in [9.17, 15) is 0 Å². The van der Waals surface area contributed by atoms with E-state index >= 15 is 0 Å². The van der Waals surface area contributed by atoms with Crippen LogP contribution in [0, 0.1) is 6.92 Å². The van der Waals surface area contributed by atoms with Gasteiger partial charge in [-0.2, -0.15) is 10.1 Å². The summed E-state index contributed by atoms with van der Waals surface area (Å²) in [5.41, 5.74) is 14.7. The monoisotopic (exact) mass is 286 g/mol. The summed E-state index contributed by atoms with van der Waals surface area (Å²) in [6.07, 6.45) is 2.71. The Bertz CT molecular complexity index is 633. The maximum absolute atomic E-state index is 6.04. The smallest absolute Gasteiger partial charge is 0.221 e. The van der Waals surface area contributed by atoms with Crippen molar-refractivity contribution in [2.75, 3.05) is 24.1 Å². The molecule has 112 valence electrons. The molecule has 6 nitrogen and oxygen atoms in total. The first-order valence-corrected chi connectivity index (χ1v) is 7.44. The molecule has 0 bridgehead atoms. The van der Waals surface area contributed by atoms with Crippen LogP contribution in [-0.4, -0.2) is 27.9 Å². The minimum absolute atomic E-state index is 0.197. The Hall–Kier alpha value is -2.08. The number of nitrogens with two attached hydrogens (primary N) is 2. The molecule has 6 heteroatoms. The molecular weight excluding hydrogens is 264 g/mol. The zero-order valence-electron chi connectivity index (χ0n) is 12.3. The number of hydrogen-bond acceptors (Lipinski definition) is 5. The fourth-order valence-electron chi connectivity index (χ4n) is 2.69. The lowest BCUT2D eigenvalue weighted by atomic mass is 10.0. The Labute approximate surface area is 124 Å². The number of nitrogens with zero attached hydrogens (tertiary/aromatic N) is 3. The lowest BCUT2D eigenvalue weighted by molar-refractivity contribution is 0.476. The van der Waals surface area contributed by atoms with Gasteiger partial charge in [0.1, 0.15) is 0 Å². The van der Waals surface area contributed by atoms with Crippen molar-refractivity contribution in [1.82, 2.24) is 14.8 Å². The van der Waals surface area contributed by atoms with Crippen molar-refractivity contribution in [3.05, 3.63) is 35.2 Å². The highest BCUT2D eigenvalue weighted by Gasteiger charge is 2.24. The molecule has 0 radical (unpaired) electrons. The van der Waals surface area contributed by atoms with E-state index in [-0.39, 0.29) is 6.04 Å². The number of hydrogen-bond donors (Lipinski definition) is 3. The molecule has 0 amide bonds. The van der Waals surface area contributed by atoms with Crippen LogP contribution in [0.25, 0.3) is 0 Å². The molecule has 2 aromatic rings. The van der Waals surface area contributed by atoms with E-state index in [1.807, 2.05) is 11.6 Å². The second-order valence-electron chi connectivity index (χ2n) is 5.54. The van der Waals surface area contributed by atoms with Gasteiger partial charge in [-0.3, -0.25) is 0 Å². The molecule has 1 unspecified atom stereocenters. The van der Waals surface area contributed by atoms with E-state index in [0.717, 1.165) is 48.8 Å². The first kappa shape index (κ1) is 13.9. The summed E-state index contributed by atoms with van der Waals surface area (Å²) in [5.74, 6) is 1.70. The van der Waals surface area contributed by atoms with Crippen LogP contribution in [0.5, 0.6) is 0 Å². The Morgan fingerprint density at radius 3 is 3.05 bits per heavy atom. The van der Waals surface area contributed by atoms with Crippen molar-refractivity contribution >= 4 is 11.6 Å². The van der Waals surface area contributed by atoms with Gasteiger partial charge in [-0.25, -0.2) is 4.68 Å². The van der Waals surface area contributed by atoms with E-state index in [4.69, 9.17) is 11.5 Å². The molecule has 0 fully saturated rings. The largest absolute Gasteiger partial charge is 0.399 e. The van der Waals surface area contributed by atoms with Crippen molar-refractivity contribution in [1.29, 1.82) is 0 Å². The van der Waals surface area contributed by atoms with Gasteiger partial charge < -0.3 is 16.8 Å². The standard InChI is InChI=1S/C15H22N6/c1-10-4-5-11(9-12(10)17)13-6-8-18-15-19-14(3-2-7-16)20-21(13)15/h4-5,9,13H,2-3,6-8,16-17H2,1H3,(H,18,19,20). The minimum atomic E-state index is 0.197. The predicted octanol–water partition coefficient (Wildman–Crippen LogP) is 1.47. The maximum Gasteiger partial charge on any atom is 0.221 e. The molecule has 0 spiro atoms. The number of aromatic nitrogens is 3. The first-order chi connectivity index (χ1) is 10.2. The summed E-state index contributed by atoms with van der Waals surface area (Å²) in [5, 5.41) is 7.96. The molecule has 1 aromatic carbocycles. The highest BCUT2D eigenvalue weighted by molar-refractivity contribution is 5.49. The number of anilines is 2. The van der Waals surface area contributed by atoms with Crippen molar-refractivity contribution in [2.24, 2.45) is 5.73 Å². The molecule has 1 aliphatic heterocycles. The average molecular weight is 286 g/mol. The zero-order valence-corrected chi connectivity index (χ0v) is 12.3. The third kappa shape index (κ3) is 2.71. The molecule has 21 heavy (non-hydrogen) atoms. The molecule has 0 saturated carbocycles. The van der Waals surface area contributed by atoms with Gasteiger partial charge in [-0.1, -0.05) is 12.1 Å². The van der Waals surface area contributed by atoms with E-state index in [1.165, 1.54) is 5.56 Å². The zero-order chi connectivity index (χ0) is 14.8. The first-order valence-electron chi connectivity index (χ1n) is 7.44. The van der Waals surface area contributed by atoms with E-state index < -0.39 is 0 Å². The molecule has 0 aliphatic carbocycles. The summed E-state index contributed by atoms with van der Waals surface area (Å²) < 4.78 is 1.99. The van der Waals surface area contributed by atoms with Crippen molar-refractivity contribution in [3.8, 4) is 0 Å². The Morgan fingerprint density at radius 1 is 1.43 bits per heavy atom. The van der Waals surface area contributed by atoms with Crippen LogP contribution in [0.3, 0.4) is 0 Å². The normalized spacial score (nSPS) is 17.3. The number of benzene rings is 1. The number of rotatable bonds is 4. The third-order valence-electron chi connectivity index (χ3n) is 3.96. The topological polar surface area (TPSA) is 94.8 Å². The minimum Gasteiger partial charge on any atom is -0.399 e. The van der Waals surface area contributed by atoms with Gasteiger partial charge in [0, 0.05) is 18.7 Å². The van der Waals surface area contributed by atoms with Crippen LogP contribution in [0.4, 0.5) is 11.6 Å². The van der Waals surface area contributed by atoms with Crippen LogP contribution in [0.2, 0.25) is 0 Å². The van der Waals surface area contributed by atoms with Crippen molar-refractivity contribution in [2.45, 2.75) is 32.2 Å². The second-order valence-corrected chi connectivity index (χ2v) is 5.54. The summed E-state index contributed by atoms with van der Waals surface area (Å²) in [6.45, 7) is 3.58. The molecule has 1 aromatic heterocycles. The number of aryl methyl sites for hydroxylation is 2. The Morgan fingerprint density at radius 2 is 2.29 bits per heavy atom. The number of nitrogens with one attached hydrogen (secondary N) is 1. The summed E-state index contributed by atoms with van der Waals surface area (Å²) in [6, 6.07) is 6.45. The number of fused-ring (bicyclic) bond motifs is 1. The summed E-state index contributed by atoms with van der Waals surface area (Å²) >= 11 is 0. The van der Waals surface area contributed by atoms with Crippen LogP contribution in [-0.2, 0) is 6.42 Å². The van der Waals surface area contributed by atoms with Gasteiger partial charge in [0.05, 0.1) is 6.04 Å². The van der Waals surface area contributed by atoms with Gasteiger partial charge in [-0.05, 0) is 43.5 Å². The van der Waals surface area contributed by atoms with Gasteiger partial charge >= 0.3 is 0 Å². The van der Waals surface area contributed by atoms with Gasteiger partial charge in [-0.15, -0.1) is 0 Å². The van der Waals surface area contributed by atoms with E-state index in [0.29, 0.717) is 6.54 Å². The fraction of sp³-hybridized carbons (Fsp3) is 0.467. The third-order valence-corrected chi connectivity index (χ3v) is 3.96. The fourth-order valence-corrected chi connectivity index (χ4v) is 2.69. The van der Waals surface area contributed by atoms with Crippen molar-refractivity contribution < 1.29 is 0 Å². The van der Waals surface area contributed by atoms with E-state index in [2.05, 4.69) is 33.6 Å². The molecular formula is C15H22N6. The van der Waals surface area contributed by atoms with Crippen LogP contribution in [0.1, 0.15) is 35.8 Å². The predicted molar refractivity (Wildman–Crippen MR) is 84.2 cm³/mol. The summed E-state index contributed by atoms with van der Waals surface area (Å²) in [4.78, 5) is 4.56. The van der Waals surface area contributed by atoms with Gasteiger partial charge in [0.2, 0.25) is 5.95 Å². The quantitative estimate of drug-likeness (QED) is 0.740. The van der Waals surface area contributed by atoms with Crippen molar-refractivity contribution in [3.63, 3.8) is 0 Å². The molecule has 1 aliphatic rings. The Balaban J connectivity index is 1.92. The SMILES string of the molecule is Cc1ccc(C2CCNc3nc(CCCN)nn32)cc1N. The van der Waals surface area contributed by atoms with Crippen LogP contribution >= 0.6 is 0 Å². The molecule has 2 heterocycles. The van der Waals surface area contributed by atoms with Gasteiger partial charge in [0.25, 0.3) is 0 Å². The Kier molecular flexibility index (Phi) is 3.79. The molecule has 5 N–H and O–H groups in total. The van der Waals surface area contributed by atoms with Gasteiger partial charge in [0.15, 0.2) is 5.82 Å². The lowest BCUT2D eigenvalue weighted by Gasteiger charge is -2.25. The van der Waals surface area contributed by atoms with E-state index in [1.54, 1.807) is 0 Å². The summed E-state index contributed by atoms with van der Waals surface area (Å²) in [7, 11) is 0. The highest BCUT2D eigenvalue weighted by Crippen LogP contribution is 2.30. The molecule has 1 atom stereocenters. The van der Waals surface area contributed by atoms with Crippen LogP contribution < -0.4 is 16.8 Å². The molecule has 0 saturated heterocycles. The number of nitrogen functional groups attached to an aromatic ring is 1.